The summed E-state index contributed by atoms with van der Waals surface area (Å²) in [5.41, 5.74) is 0. The maximum atomic E-state index is 13.0. The van der Waals surface area contributed by atoms with Gasteiger partial charge >= 0.3 is 0 Å². The third kappa shape index (κ3) is 17.8. The van der Waals surface area contributed by atoms with E-state index in [1.54, 1.807) is 4.90 Å². The summed E-state index contributed by atoms with van der Waals surface area (Å²) >= 11 is 16.5. The molecule has 0 aromatic heterocycles. The molecule has 0 aromatic carbocycles. The van der Waals surface area contributed by atoms with Crippen LogP contribution in [0.3, 0.4) is 0 Å². The number of thioether (sulfide) groups is 4. The summed E-state index contributed by atoms with van der Waals surface area (Å²) in [6.45, 7) is 2.87. The molecule has 0 bridgehead atoms. The summed E-state index contributed by atoms with van der Waals surface area (Å²) in [4.78, 5) is 27.1. The van der Waals surface area contributed by atoms with E-state index in [1.165, 1.54) is 62.9 Å². The first-order chi connectivity index (χ1) is 17.6. The second kappa shape index (κ2) is 25.2. The monoisotopic (exact) mass is 613 g/mol. The highest BCUT2D eigenvalue weighted by molar-refractivity contribution is 8.03. The van der Waals surface area contributed by atoms with Crippen LogP contribution in [0.1, 0.15) is 84.0 Å². The zero-order valence-electron chi connectivity index (χ0n) is 22.5. The molecule has 0 radical (unpaired) electrons. The van der Waals surface area contributed by atoms with Crippen LogP contribution in [0.15, 0.2) is 0 Å². The Bertz CT molecular complexity index is 554. The van der Waals surface area contributed by atoms with Crippen molar-refractivity contribution in [2.24, 2.45) is 5.92 Å². The third-order valence-electron chi connectivity index (χ3n) is 6.40. The number of hydrogen-bond donors (Lipinski definition) is 2. The summed E-state index contributed by atoms with van der Waals surface area (Å²) in [7, 11) is 0. The molecule has 36 heavy (non-hydrogen) atoms. The van der Waals surface area contributed by atoms with Crippen molar-refractivity contribution in [1.82, 2.24) is 4.90 Å². The molecular formula is C27H51NO2S6. The molecule has 212 valence electrons. The topological polar surface area (TPSA) is 37.4 Å². The van der Waals surface area contributed by atoms with Gasteiger partial charge in [0.1, 0.15) is 0 Å². The van der Waals surface area contributed by atoms with Gasteiger partial charge in [0.15, 0.2) is 0 Å². The second-order valence-corrected chi connectivity index (χ2v) is 15.4. The van der Waals surface area contributed by atoms with Gasteiger partial charge in [-0.1, -0.05) is 51.9 Å². The summed E-state index contributed by atoms with van der Waals surface area (Å²) < 4.78 is 0. The molecule has 0 spiro atoms. The molecule has 1 aliphatic rings. The van der Waals surface area contributed by atoms with Gasteiger partial charge in [0.25, 0.3) is 0 Å². The normalized spacial score (nSPS) is 16.9. The van der Waals surface area contributed by atoms with Crippen LogP contribution in [0.25, 0.3) is 0 Å². The molecule has 3 nitrogen and oxygen atoms in total. The molecule has 1 fully saturated rings. The van der Waals surface area contributed by atoms with Gasteiger partial charge in [-0.3, -0.25) is 14.5 Å². The number of rotatable bonds is 26. The van der Waals surface area contributed by atoms with Gasteiger partial charge in [-0.25, -0.2) is 0 Å². The molecule has 0 N–H and O–H groups in total. The predicted octanol–water partition coefficient (Wildman–Crippen LogP) is 7.83. The van der Waals surface area contributed by atoms with E-state index in [1.807, 2.05) is 35.3 Å². The van der Waals surface area contributed by atoms with Gasteiger partial charge < -0.3 is 0 Å². The summed E-state index contributed by atoms with van der Waals surface area (Å²) in [6, 6.07) is 0. The fourth-order valence-corrected chi connectivity index (χ4v) is 9.14. The van der Waals surface area contributed by atoms with Gasteiger partial charge in [-0.05, 0) is 42.9 Å². The Balaban J connectivity index is 2.34. The van der Waals surface area contributed by atoms with Crippen molar-refractivity contribution in [2.45, 2.75) is 89.2 Å². The Hall–Kier alpha value is 1.24. The van der Waals surface area contributed by atoms with Crippen molar-refractivity contribution in [2.75, 3.05) is 58.3 Å². The lowest BCUT2D eigenvalue weighted by atomic mass is 9.98. The van der Waals surface area contributed by atoms with Crippen LogP contribution in [0, 0.1) is 5.92 Å². The first kappa shape index (κ1) is 35.3. The Morgan fingerprint density at radius 3 is 2.06 bits per heavy atom. The lowest BCUT2D eigenvalue weighted by Gasteiger charge is -2.19. The molecule has 2 amide bonds. The third-order valence-corrected chi connectivity index (χ3v) is 12.4. The number of nitrogens with zero attached hydrogens (tertiary/aromatic N) is 1. The zero-order valence-corrected chi connectivity index (χ0v) is 27.6. The van der Waals surface area contributed by atoms with Crippen LogP contribution in [0.5, 0.6) is 0 Å². The van der Waals surface area contributed by atoms with Gasteiger partial charge in [0.2, 0.25) is 11.8 Å². The van der Waals surface area contributed by atoms with E-state index >= 15 is 0 Å². The van der Waals surface area contributed by atoms with Crippen LogP contribution in [0.4, 0.5) is 0 Å². The zero-order chi connectivity index (χ0) is 26.3. The highest BCUT2D eigenvalue weighted by Crippen LogP contribution is 2.30. The van der Waals surface area contributed by atoms with Gasteiger partial charge in [0, 0.05) is 58.7 Å². The van der Waals surface area contributed by atoms with E-state index in [0.29, 0.717) is 18.2 Å². The van der Waals surface area contributed by atoms with Gasteiger partial charge in [-0.15, -0.1) is 0 Å². The number of carbonyl (C=O) groups is 2. The fourth-order valence-electron chi connectivity index (χ4n) is 4.39. The van der Waals surface area contributed by atoms with Crippen molar-refractivity contribution >= 4 is 84.1 Å². The number of imide groups is 1. The van der Waals surface area contributed by atoms with Crippen LogP contribution in [-0.4, -0.2) is 80.3 Å². The quantitative estimate of drug-likeness (QED) is 0.0588. The largest absolute Gasteiger partial charge is 0.282 e. The maximum Gasteiger partial charge on any atom is 0.232 e. The Morgan fingerprint density at radius 1 is 0.778 bits per heavy atom. The first-order valence-corrected chi connectivity index (χ1v) is 19.8. The number of thiol groups is 2. The van der Waals surface area contributed by atoms with E-state index < -0.39 is 0 Å². The Labute approximate surface area is 250 Å². The van der Waals surface area contributed by atoms with Crippen LogP contribution in [0.2, 0.25) is 0 Å². The molecule has 1 saturated heterocycles. The molecule has 9 heteroatoms. The fraction of sp³-hybridized carbons (Fsp3) is 0.926. The van der Waals surface area contributed by atoms with E-state index in [4.69, 9.17) is 0 Å². The summed E-state index contributed by atoms with van der Waals surface area (Å²) in [5, 5.41) is 0.617. The lowest BCUT2D eigenvalue weighted by Crippen LogP contribution is -2.32. The molecule has 1 rings (SSSR count). The van der Waals surface area contributed by atoms with Crippen molar-refractivity contribution in [3.8, 4) is 0 Å². The SMILES string of the molecule is CCCCCCCCCC(CCC1CC(=O)N(CCCSCCSCCS)C1=O)SCCSCCS. The van der Waals surface area contributed by atoms with Crippen LogP contribution < -0.4 is 0 Å². The average molecular weight is 614 g/mol. The minimum atomic E-state index is -0.0847. The Kier molecular flexibility index (Phi) is 24.7. The van der Waals surface area contributed by atoms with Crippen molar-refractivity contribution in [3.63, 3.8) is 0 Å². The number of amides is 2. The summed E-state index contributed by atoms with van der Waals surface area (Å²) in [5.74, 6) is 9.83. The molecule has 2 atom stereocenters. The van der Waals surface area contributed by atoms with Crippen molar-refractivity contribution < 1.29 is 9.59 Å². The maximum absolute atomic E-state index is 13.0. The Morgan fingerprint density at radius 2 is 1.39 bits per heavy atom. The minimum absolute atomic E-state index is 0.0544. The predicted molar refractivity (Wildman–Crippen MR) is 177 cm³/mol. The van der Waals surface area contributed by atoms with E-state index in [-0.39, 0.29) is 17.7 Å². The minimum Gasteiger partial charge on any atom is -0.282 e. The van der Waals surface area contributed by atoms with Crippen molar-refractivity contribution in [3.05, 3.63) is 0 Å². The highest BCUT2D eigenvalue weighted by Gasteiger charge is 2.37. The molecule has 0 aliphatic carbocycles. The highest BCUT2D eigenvalue weighted by atomic mass is 32.2. The van der Waals surface area contributed by atoms with Crippen LogP contribution >= 0.6 is 72.3 Å². The number of likely N-dealkylation sites (tertiary alicyclic amines) is 1. The molecule has 2 unspecified atom stereocenters. The number of unbranched alkanes of at least 4 members (excludes halogenated alkanes) is 6. The average Bonchev–Trinajstić information content (AvgIpc) is 3.15. The smallest absolute Gasteiger partial charge is 0.232 e. The van der Waals surface area contributed by atoms with E-state index in [0.717, 1.165) is 59.5 Å². The molecule has 1 aliphatic heterocycles. The van der Waals surface area contributed by atoms with E-state index in [2.05, 4.69) is 43.9 Å². The van der Waals surface area contributed by atoms with E-state index in [9.17, 15) is 9.59 Å². The summed E-state index contributed by atoms with van der Waals surface area (Å²) in [6.07, 6.45) is 13.9. The number of carbonyl (C=O) groups excluding carboxylic acids is 2. The first-order valence-electron chi connectivity index (χ1n) is 14.0. The number of hydrogen-bond acceptors (Lipinski definition) is 8. The molecular weight excluding hydrogens is 563 g/mol. The van der Waals surface area contributed by atoms with Crippen LogP contribution in [-0.2, 0) is 9.59 Å². The second-order valence-electron chi connectivity index (χ2n) is 9.40. The van der Waals surface area contributed by atoms with Crippen molar-refractivity contribution in [1.29, 1.82) is 0 Å². The molecule has 0 saturated carbocycles. The molecule has 0 aromatic rings. The standard InChI is InChI=1S/C27H51NO2S6/c1-2-3-4-5-6-7-8-10-25(36-22-21-35-18-15-32)12-11-24-23-26(29)28(27(24)30)13-9-16-33-19-20-34-17-14-31/h24-25,31-32H,2-23H2,1H3. The lowest BCUT2D eigenvalue weighted by molar-refractivity contribution is -0.139. The van der Waals surface area contributed by atoms with Gasteiger partial charge in [-0.2, -0.15) is 72.3 Å². The molecule has 1 heterocycles. The van der Waals surface area contributed by atoms with Gasteiger partial charge in [0.05, 0.1) is 0 Å².